The highest BCUT2D eigenvalue weighted by Crippen LogP contribution is 2.18. The zero-order valence-corrected chi connectivity index (χ0v) is 39.4. The first-order chi connectivity index (χ1) is 27.8. The molecule has 2 nitrogen and oxygen atoms in total. The van der Waals surface area contributed by atoms with E-state index in [0.29, 0.717) is 13.0 Å². The van der Waals surface area contributed by atoms with Crippen LogP contribution in [0.1, 0.15) is 335 Å². The van der Waals surface area contributed by atoms with E-state index in [9.17, 15) is 4.79 Å². The molecule has 0 aromatic rings. The Labute approximate surface area is 355 Å². The molecule has 0 spiro atoms. The van der Waals surface area contributed by atoms with E-state index in [-0.39, 0.29) is 5.97 Å². The first-order valence-electron chi connectivity index (χ1n) is 27.0. The molecular weight excluding hydrogens is 681 g/mol. The summed E-state index contributed by atoms with van der Waals surface area (Å²) in [5, 5.41) is 0. The molecule has 0 rings (SSSR count). The molecule has 0 fully saturated rings. The summed E-state index contributed by atoms with van der Waals surface area (Å²) in [6.45, 7) is 5.25. The quantitative estimate of drug-likeness (QED) is 0.0453. The smallest absolute Gasteiger partial charge is 0.305 e. The van der Waals surface area contributed by atoms with Crippen LogP contribution in [0.5, 0.6) is 0 Å². The lowest BCUT2D eigenvalue weighted by molar-refractivity contribution is -0.143. The summed E-state index contributed by atoms with van der Waals surface area (Å²) < 4.78 is 5.51. The molecule has 0 saturated heterocycles. The van der Waals surface area contributed by atoms with Gasteiger partial charge in [-0.3, -0.25) is 4.79 Å². The van der Waals surface area contributed by atoms with Crippen molar-refractivity contribution in [3.8, 4) is 0 Å². The van der Waals surface area contributed by atoms with E-state index in [1.54, 1.807) is 0 Å². The fourth-order valence-corrected chi connectivity index (χ4v) is 8.73. The van der Waals surface area contributed by atoms with E-state index in [1.807, 2.05) is 0 Å². The van der Waals surface area contributed by atoms with Crippen LogP contribution < -0.4 is 0 Å². The maximum Gasteiger partial charge on any atom is 0.305 e. The minimum absolute atomic E-state index is 0.0352. The number of ether oxygens (including phenoxy) is 1. The number of rotatable bonds is 51. The number of esters is 1. The first kappa shape index (κ1) is 55.5. The highest BCUT2D eigenvalue weighted by Gasteiger charge is 2.03. The molecule has 0 amide bonds. The number of carbonyl (C=O) groups excluding carboxylic acids is 1. The third-order valence-corrected chi connectivity index (χ3v) is 12.7. The van der Waals surface area contributed by atoms with Crippen molar-refractivity contribution in [2.45, 2.75) is 335 Å². The van der Waals surface area contributed by atoms with Gasteiger partial charge in [-0.05, 0) is 12.8 Å². The zero-order valence-electron chi connectivity index (χ0n) is 39.4. The topological polar surface area (TPSA) is 26.3 Å². The Kier molecular flexibility index (Phi) is 52.0. The maximum atomic E-state index is 12.1. The van der Waals surface area contributed by atoms with Gasteiger partial charge < -0.3 is 4.74 Å². The van der Waals surface area contributed by atoms with Crippen LogP contribution in [0.25, 0.3) is 0 Å². The fourth-order valence-electron chi connectivity index (χ4n) is 8.73. The number of carbonyl (C=O) groups is 1. The molecule has 2 heteroatoms. The fraction of sp³-hybridized carbons (Fsp3) is 0.981. The normalized spacial score (nSPS) is 11.5. The average molecular weight is 789 g/mol. The highest BCUT2D eigenvalue weighted by molar-refractivity contribution is 5.69. The van der Waals surface area contributed by atoms with Gasteiger partial charge in [0.05, 0.1) is 6.61 Å². The molecule has 0 radical (unpaired) electrons. The largest absolute Gasteiger partial charge is 0.466 e. The summed E-state index contributed by atoms with van der Waals surface area (Å²) in [5.74, 6) is 0.0352. The summed E-state index contributed by atoms with van der Waals surface area (Å²) in [6.07, 6.45) is 69.8. The Morgan fingerprint density at radius 1 is 0.232 bits per heavy atom. The van der Waals surface area contributed by atoms with Crippen molar-refractivity contribution in [1.29, 1.82) is 0 Å². The zero-order chi connectivity index (χ0) is 40.3. The van der Waals surface area contributed by atoms with Crippen LogP contribution >= 0.6 is 0 Å². The van der Waals surface area contributed by atoms with Crippen LogP contribution in [0.3, 0.4) is 0 Å². The molecule has 0 saturated carbocycles. The van der Waals surface area contributed by atoms with E-state index in [1.165, 1.54) is 302 Å². The van der Waals surface area contributed by atoms with Crippen molar-refractivity contribution in [1.82, 2.24) is 0 Å². The van der Waals surface area contributed by atoms with Crippen LogP contribution in [-0.2, 0) is 9.53 Å². The monoisotopic (exact) mass is 789 g/mol. The summed E-state index contributed by atoms with van der Waals surface area (Å²) in [5.41, 5.74) is 0. The molecule has 0 unspecified atom stereocenters. The molecular formula is C54H108O2. The molecule has 0 aromatic carbocycles. The minimum atomic E-state index is 0.0352. The molecule has 0 N–H and O–H groups in total. The van der Waals surface area contributed by atoms with Gasteiger partial charge >= 0.3 is 5.97 Å². The molecule has 56 heavy (non-hydrogen) atoms. The van der Waals surface area contributed by atoms with Crippen LogP contribution in [0.15, 0.2) is 0 Å². The van der Waals surface area contributed by atoms with Crippen molar-refractivity contribution >= 4 is 5.97 Å². The molecule has 0 aliphatic rings. The van der Waals surface area contributed by atoms with Crippen molar-refractivity contribution < 1.29 is 9.53 Å². The standard InChI is InChI=1S/C54H108O2/c1-3-5-7-9-11-13-15-17-19-21-23-25-27-28-29-30-31-33-35-37-39-41-43-45-47-49-51-53-56-54(55)52-50-48-46-44-42-40-38-36-34-32-26-24-22-20-18-16-14-12-10-8-6-4-2/h3-53H2,1-2H3. The van der Waals surface area contributed by atoms with Gasteiger partial charge in [-0.2, -0.15) is 0 Å². The summed E-state index contributed by atoms with van der Waals surface area (Å²) in [4.78, 5) is 12.1. The summed E-state index contributed by atoms with van der Waals surface area (Å²) >= 11 is 0. The molecule has 0 heterocycles. The van der Waals surface area contributed by atoms with E-state index >= 15 is 0 Å². The lowest BCUT2D eigenvalue weighted by atomic mass is 10.0. The molecule has 0 atom stereocenters. The number of unbranched alkanes of at least 4 members (excludes halogenated alkanes) is 47. The average Bonchev–Trinajstić information content (AvgIpc) is 3.20. The lowest BCUT2D eigenvalue weighted by Gasteiger charge is -2.06. The summed E-state index contributed by atoms with van der Waals surface area (Å²) in [7, 11) is 0. The third kappa shape index (κ3) is 51.5. The molecule has 336 valence electrons. The van der Waals surface area contributed by atoms with Crippen LogP contribution in [0, 0.1) is 0 Å². The van der Waals surface area contributed by atoms with Gasteiger partial charge in [-0.25, -0.2) is 0 Å². The Balaban J connectivity index is 3.14. The van der Waals surface area contributed by atoms with Gasteiger partial charge in [0, 0.05) is 6.42 Å². The van der Waals surface area contributed by atoms with Gasteiger partial charge in [0.15, 0.2) is 0 Å². The van der Waals surface area contributed by atoms with Gasteiger partial charge in [-0.15, -0.1) is 0 Å². The second-order valence-corrected chi connectivity index (χ2v) is 18.6. The summed E-state index contributed by atoms with van der Waals surface area (Å²) in [6, 6.07) is 0. The number of hydrogen-bond donors (Lipinski definition) is 0. The van der Waals surface area contributed by atoms with Crippen LogP contribution in [0.2, 0.25) is 0 Å². The molecule has 0 aromatic heterocycles. The Morgan fingerprint density at radius 3 is 0.589 bits per heavy atom. The van der Waals surface area contributed by atoms with E-state index in [0.717, 1.165) is 12.8 Å². The molecule has 0 aliphatic heterocycles. The van der Waals surface area contributed by atoms with Crippen LogP contribution in [-0.4, -0.2) is 12.6 Å². The van der Waals surface area contributed by atoms with Crippen molar-refractivity contribution in [2.75, 3.05) is 6.61 Å². The van der Waals surface area contributed by atoms with Crippen molar-refractivity contribution in [2.24, 2.45) is 0 Å². The van der Waals surface area contributed by atoms with E-state index in [4.69, 9.17) is 4.74 Å². The first-order valence-corrected chi connectivity index (χ1v) is 27.0. The Bertz CT molecular complexity index is 688. The highest BCUT2D eigenvalue weighted by atomic mass is 16.5. The SMILES string of the molecule is CCCCCCCCCCCCCCCCCCCCCCCCCCCCCOC(=O)CCCCCCCCCCCCCCCCCCCCCCCC. The van der Waals surface area contributed by atoms with Crippen LogP contribution in [0.4, 0.5) is 0 Å². The molecule has 0 bridgehead atoms. The van der Waals surface area contributed by atoms with Gasteiger partial charge in [0.1, 0.15) is 0 Å². The second kappa shape index (κ2) is 52.5. The third-order valence-electron chi connectivity index (χ3n) is 12.7. The van der Waals surface area contributed by atoms with E-state index in [2.05, 4.69) is 13.8 Å². The number of hydrogen-bond acceptors (Lipinski definition) is 2. The van der Waals surface area contributed by atoms with Gasteiger partial charge in [0.25, 0.3) is 0 Å². The minimum Gasteiger partial charge on any atom is -0.466 e. The molecule has 0 aliphatic carbocycles. The van der Waals surface area contributed by atoms with Crippen molar-refractivity contribution in [3.05, 3.63) is 0 Å². The Hall–Kier alpha value is -0.530. The Morgan fingerprint density at radius 2 is 0.393 bits per heavy atom. The predicted molar refractivity (Wildman–Crippen MR) is 253 cm³/mol. The van der Waals surface area contributed by atoms with Gasteiger partial charge in [0.2, 0.25) is 0 Å². The van der Waals surface area contributed by atoms with E-state index < -0.39 is 0 Å². The second-order valence-electron chi connectivity index (χ2n) is 18.6. The lowest BCUT2D eigenvalue weighted by Crippen LogP contribution is -2.05. The predicted octanol–water partition coefficient (Wildman–Crippen LogP) is 20.1. The van der Waals surface area contributed by atoms with Gasteiger partial charge in [-0.1, -0.05) is 316 Å². The maximum absolute atomic E-state index is 12.1. The van der Waals surface area contributed by atoms with Crippen molar-refractivity contribution in [3.63, 3.8) is 0 Å².